The molecule has 3 rings (SSSR count). The van der Waals surface area contributed by atoms with Crippen molar-refractivity contribution >= 4 is 50.8 Å². The topological polar surface area (TPSA) is 97.8 Å². The number of nitrogens with zero attached hydrogens (tertiary/aromatic N) is 4. The number of nitro groups is 1. The largest absolute Gasteiger partial charge is 0.342 e. The van der Waals surface area contributed by atoms with Gasteiger partial charge in [-0.3, -0.25) is 19.7 Å². The summed E-state index contributed by atoms with van der Waals surface area (Å²) >= 11 is 2.51. The van der Waals surface area contributed by atoms with E-state index >= 15 is 0 Å². The van der Waals surface area contributed by atoms with Gasteiger partial charge in [-0.05, 0) is 24.8 Å². The Morgan fingerprint density at radius 1 is 1.39 bits per heavy atom. The van der Waals surface area contributed by atoms with E-state index in [4.69, 9.17) is 0 Å². The fraction of sp³-hybridized carbons (Fsp3) is 0.500. The summed E-state index contributed by atoms with van der Waals surface area (Å²) in [6.45, 7) is 3.74. The van der Waals surface area contributed by atoms with Gasteiger partial charge >= 0.3 is 0 Å². The molecule has 1 aromatic heterocycles. The molecule has 0 saturated carbocycles. The van der Waals surface area contributed by atoms with Gasteiger partial charge in [0.2, 0.25) is 5.91 Å². The standard InChI is InChI=1S/C18H22N4O4S2/c1-12-4-3-7-21(9-12)17(24)11-27-10-16(23)19-18-20(2)14-6-5-13(22(25)26)8-15(14)28-18/h5-6,8,12H,3-4,7,9-11H2,1-2H3. The molecule has 150 valence electrons. The Morgan fingerprint density at radius 2 is 2.18 bits per heavy atom. The van der Waals surface area contributed by atoms with Crippen LogP contribution in [0.5, 0.6) is 0 Å². The van der Waals surface area contributed by atoms with Crippen molar-refractivity contribution < 1.29 is 14.5 Å². The SMILES string of the molecule is CC1CCCN(C(=O)CSCC(=O)N=c2sc3cc([N+](=O)[O-])ccc3n2C)C1. The lowest BCUT2D eigenvalue weighted by Crippen LogP contribution is -2.40. The Hall–Kier alpha value is -2.20. The number of nitro benzene ring substituents is 1. The zero-order valence-corrected chi connectivity index (χ0v) is 17.4. The molecule has 1 saturated heterocycles. The molecule has 0 radical (unpaired) electrons. The number of aromatic nitrogens is 1. The van der Waals surface area contributed by atoms with Crippen LogP contribution in [0.4, 0.5) is 5.69 Å². The second-order valence-corrected chi connectivity index (χ2v) is 8.93. The summed E-state index contributed by atoms with van der Waals surface area (Å²) in [5, 5.41) is 10.9. The van der Waals surface area contributed by atoms with Gasteiger partial charge in [0.05, 0.1) is 26.6 Å². The van der Waals surface area contributed by atoms with Gasteiger partial charge in [-0.25, -0.2) is 0 Å². The summed E-state index contributed by atoms with van der Waals surface area (Å²) < 4.78 is 2.44. The molecular formula is C18H22N4O4S2. The van der Waals surface area contributed by atoms with Crippen LogP contribution in [0.15, 0.2) is 23.2 Å². The lowest BCUT2D eigenvalue weighted by molar-refractivity contribution is -0.384. The molecule has 8 nitrogen and oxygen atoms in total. The van der Waals surface area contributed by atoms with Gasteiger partial charge in [-0.2, -0.15) is 4.99 Å². The van der Waals surface area contributed by atoms with E-state index in [-0.39, 0.29) is 29.0 Å². The first-order chi connectivity index (χ1) is 13.3. The van der Waals surface area contributed by atoms with E-state index in [1.807, 2.05) is 4.90 Å². The molecule has 1 aliphatic heterocycles. The van der Waals surface area contributed by atoms with Crippen molar-refractivity contribution in [3.05, 3.63) is 33.1 Å². The number of hydrogen-bond acceptors (Lipinski definition) is 6. The highest BCUT2D eigenvalue weighted by molar-refractivity contribution is 8.00. The molecule has 1 fully saturated rings. The van der Waals surface area contributed by atoms with E-state index in [0.29, 0.717) is 15.4 Å². The maximum absolute atomic E-state index is 12.2. The number of carbonyl (C=O) groups excluding carboxylic acids is 2. The van der Waals surface area contributed by atoms with Crippen LogP contribution in [-0.4, -0.2) is 50.8 Å². The second-order valence-electron chi connectivity index (χ2n) is 6.94. The normalized spacial score (nSPS) is 17.9. The van der Waals surface area contributed by atoms with Crippen LogP contribution < -0.4 is 4.80 Å². The zero-order chi connectivity index (χ0) is 20.3. The molecule has 0 aliphatic carbocycles. The summed E-state index contributed by atoms with van der Waals surface area (Å²) in [7, 11) is 1.77. The summed E-state index contributed by atoms with van der Waals surface area (Å²) in [5.74, 6) is 0.691. The Bertz CT molecular complexity index is 982. The Labute approximate surface area is 170 Å². The first-order valence-corrected chi connectivity index (χ1v) is 11.0. The van der Waals surface area contributed by atoms with Crippen LogP contribution in [0.1, 0.15) is 19.8 Å². The lowest BCUT2D eigenvalue weighted by Gasteiger charge is -2.30. The highest BCUT2D eigenvalue weighted by Gasteiger charge is 2.20. The predicted octanol–water partition coefficient (Wildman–Crippen LogP) is 2.57. The number of thioether (sulfide) groups is 1. The fourth-order valence-corrected chi connectivity index (χ4v) is 4.98. The first-order valence-electron chi connectivity index (χ1n) is 9.02. The Kier molecular flexibility index (Phi) is 6.50. The maximum Gasteiger partial charge on any atom is 0.270 e. The first kappa shape index (κ1) is 20.5. The summed E-state index contributed by atoms with van der Waals surface area (Å²) in [4.78, 5) is 41.4. The van der Waals surface area contributed by atoms with Gasteiger partial charge in [0.15, 0.2) is 4.80 Å². The van der Waals surface area contributed by atoms with Crippen molar-refractivity contribution in [2.24, 2.45) is 18.0 Å². The van der Waals surface area contributed by atoms with Crippen molar-refractivity contribution in [2.45, 2.75) is 19.8 Å². The van der Waals surface area contributed by atoms with Crippen molar-refractivity contribution in [3.63, 3.8) is 0 Å². The number of likely N-dealkylation sites (tertiary alicyclic amines) is 1. The molecule has 0 N–H and O–H groups in total. The third-order valence-electron chi connectivity index (χ3n) is 4.68. The number of amides is 2. The van der Waals surface area contributed by atoms with Crippen LogP contribution in [-0.2, 0) is 16.6 Å². The van der Waals surface area contributed by atoms with E-state index in [1.54, 1.807) is 17.7 Å². The average molecular weight is 423 g/mol. The van der Waals surface area contributed by atoms with Crippen LogP contribution in [0.25, 0.3) is 10.2 Å². The molecule has 0 spiro atoms. The second kappa shape index (κ2) is 8.87. The molecule has 0 bridgehead atoms. The molecule has 1 aromatic carbocycles. The number of hydrogen-bond donors (Lipinski definition) is 0. The molecule has 10 heteroatoms. The van der Waals surface area contributed by atoms with Crippen LogP contribution in [0.2, 0.25) is 0 Å². The fourth-order valence-electron chi connectivity index (χ4n) is 3.21. The molecule has 2 amide bonds. The quantitative estimate of drug-likeness (QED) is 0.545. The molecule has 28 heavy (non-hydrogen) atoms. The molecule has 1 unspecified atom stereocenters. The minimum Gasteiger partial charge on any atom is -0.342 e. The molecular weight excluding hydrogens is 400 g/mol. The van der Waals surface area contributed by atoms with E-state index in [0.717, 1.165) is 31.4 Å². The van der Waals surface area contributed by atoms with E-state index in [2.05, 4.69) is 11.9 Å². The number of fused-ring (bicyclic) bond motifs is 1. The number of aryl methyl sites for hydroxylation is 1. The highest BCUT2D eigenvalue weighted by Crippen LogP contribution is 2.22. The summed E-state index contributed by atoms with van der Waals surface area (Å²) in [5.41, 5.74) is 0.789. The van der Waals surface area contributed by atoms with Gasteiger partial charge in [0.25, 0.3) is 11.6 Å². The highest BCUT2D eigenvalue weighted by atomic mass is 32.2. The predicted molar refractivity (Wildman–Crippen MR) is 110 cm³/mol. The maximum atomic E-state index is 12.2. The van der Waals surface area contributed by atoms with E-state index in [1.165, 1.54) is 35.2 Å². The monoisotopic (exact) mass is 422 g/mol. The van der Waals surface area contributed by atoms with Crippen LogP contribution >= 0.6 is 23.1 Å². The molecule has 2 aromatic rings. The van der Waals surface area contributed by atoms with E-state index in [9.17, 15) is 19.7 Å². The third kappa shape index (κ3) is 4.79. The van der Waals surface area contributed by atoms with Crippen molar-refractivity contribution in [2.75, 3.05) is 24.6 Å². The lowest BCUT2D eigenvalue weighted by atomic mass is 10.0. The van der Waals surface area contributed by atoms with Gasteiger partial charge in [0.1, 0.15) is 0 Å². The summed E-state index contributed by atoms with van der Waals surface area (Å²) in [6.07, 6.45) is 2.19. The van der Waals surface area contributed by atoms with Gasteiger partial charge in [-0.1, -0.05) is 18.3 Å². The molecule has 1 atom stereocenters. The van der Waals surface area contributed by atoms with Gasteiger partial charge < -0.3 is 9.47 Å². The van der Waals surface area contributed by atoms with Crippen LogP contribution in [0.3, 0.4) is 0 Å². The zero-order valence-electron chi connectivity index (χ0n) is 15.8. The number of non-ortho nitro benzene ring substituents is 1. The minimum absolute atomic E-state index is 0.00771. The minimum atomic E-state index is -0.447. The smallest absolute Gasteiger partial charge is 0.270 e. The van der Waals surface area contributed by atoms with Crippen molar-refractivity contribution in [1.29, 1.82) is 0 Å². The van der Waals surface area contributed by atoms with E-state index < -0.39 is 4.92 Å². The molecule has 1 aliphatic rings. The average Bonchev–Trinajstić information content (AvgIpc) is 2.96. The number of thiazole rings is 1. The van der Waals surface area contributed by atoms with Crippen molar-refractivity contribution in [3.8, 4) is 0 Å². The Morgan fingerprint density at radius 3 is 2.89 bits per heavy atom. The number of rotatable bonds is 5. The van der Waals surface area contributed by atoms with Gasteiger partial charge in [-0.15, -0.1) is 11.8 Å². The molecule has 2 heterocycles. The number of piperidine rings is 1. The summed E-state index contributed by atoms with van der Waals surface area (Å²) in [6, 6.07) is 4.57. The van der Waals surface area contributed by atoms with Crippen molar-refractivity contribution in [1.82, 2.24) is 9.47 Å². The van der Waals surface area contributed by atoms with Gasteiger partial charge in [0, 0.05) is 32.3 Å². The third-order valence-corrected chi connectivity index (χ3v) is 6.68. The number of carbonyl (C=O) groups is 2. The van der Waals surface area contributed by atoms with Crippen LogP contribution in [0, 0.1) is 16.0 Å². The Balaban J connectivity index is 1.62. The number of benzene rings is 1.